The van der Waals surface area contributed by atoms with Crippen LogP contribution in [0.4, 0.5) is 23.7 Å². The highest BCUT2D eigenvalue weighted by molar-refractivity contribution is 6.08. The minimum atomic E-state index is -1.20. The van der Waals surface area contributed by atoms with Crippen molar-refractivity contribution >= 4 is 17.6 Å². The third kappa shape index (κ3) is 5.35. The predicted molar refractivity (Wildman–Crippen MR) is 100 cm³/mol. The molecule has 2 N–H and O–H groups in total. The number of carbonyl (C=O) groups is 2. The number of rotatable bonds is 5. The molecule has 0 fully saturated rings. The van der Waals surface area contributed by atoms with Gasteiger partial charge in [0.25, 0.3) is 5.91 Å². The summed E-state index contributed by atoms with van der Waals surface area (Å²) in [6, 6.07) is 14.1. The first-order chi connectivity index (χ1) is 13.9. The molecule has 0 radical (unpaired) electrons. The molecule has 0 aliphatic heterocycles. The first-order valence-corrected chi connectivity index (χ1v) is 8.46. The van der Waals surface area contributed by atoms with Gasteiger partial charge in [0.2, 0.25) is 0 Å². The highest BCUT2D eigenvalue weighted by Gasteiger charge is 2.19. The molecule has 0 heterocycles. The number of anilines is 1. The quantitative estimate of drug-likeness (QED) is 0.656. The first kappa shape index (κ1) is 19.9. The molecule has 3 aromatic rings. The Morgan fingerprint density at radius 1 is 0.862 bits per heavy atom. The number of urea groups is 1. The first-order valence-electron chi connectivity index (χ1n) is 8.46. The van der Waals surface area contributed by atoms with Crippen molar-refractivity contribution in [2.75, 3.05) is 5.32 Å². The van der Waals surface area contributed by atoms with Crippen molar-refractivity contribution in [2.24, 2.45) is 0 Å². The van der Waals surface area contributed by atoms with E-state index in [1.807, 2.05) is 5.32 Å². The molecule has 3 rings (SSSR count). The average Bonchev–Trinajstić information content (AvgIpc) is 2.67. The molecule has 0 bridgehead atoms. The topological polar surface area (TPSA) is 67.4 Å². The van der Waals surface area contributed by atoms with E-state index in [1.54, 1.807) is 24.3 Å². The van der Waals surface area contributed by atoms with Gasteiger partial charge in [-0.25, -0.2) is 18.0 Å². The summed E-state index contributed by atoms with van der Waals surface area (Å²) in [7, 11) is 0. The van der Waals surface area contributed by atoms with Gasteiger partial charge in [-0.05, 0) is 54.1 Å². The number of ether oxygens (including phenoxy) is 1. The molecule has 0 saturated carbocycles. The van der Waals surface area contributed by atoms with Crippen LogP contribution in [0.1, 0.15) is 15.9 Å². The Hall–Kier alpha value is -3.81. The summed E-state index contributed by atoms with van der Waals surface area (Å²) in [5, 5.41) is 4.23. The van der Waals surface area contributed by atoms with Crippen LogP contribution in [0.25, 0.3) is 0 Å². The van der Waals surface area contributed by atoms with E-state index in [9.17, 15) is 22.8 Å². The van der Waals surface area contributed by atoms with Gasteiger partial charge in [-0.15, -0.1) is 0 Å². The van der Waals surface area contributed by atoms with Crippen molar-refractivity contribution in [3.05, 3.63) is 95.3 Å². The molecule has 29 heavy (non-hydrogen) atoms. The number of carbonyl (C=O) groups excluding carboxylic acids is 2. The van der Waals surface area contributed by atoms with Crippen molar-refractivity contribution in [3.8, 4) is 5.75 Å². The Kier molecular flexibility index (Phi) is 6.13. The summed E-state index contributed by atoms with van der Waals surface area (Å²) >= 11 is 0. The second-order valence-electron chi connectivity index (χ2n) is 5.95. The van der Waals surface area contributed by atoms with Crippen molar-refractivity contribution in [2.45, 2.75) is 6.61 Å². The maximum absolute atomic E-state index is 13.6. The molecule has 0 saturated heterocycles. The van der Waals surface area contributed by atoms with E-state index in [1.165, 1.54) is 24.3 Å². The summed E-state index contributed by atoms with van der Waals surface area (Å²) in [6.45, 7) is 0.160. The SMILES string of the molecule is O=C(NC(=O)c1c(F)cccc1F)Nc1ccc(OCc2cccc(F)c2)cc1. The summed E-state index contributed by atoms with van der Waals surface area (Å²) in [5.74, 6) is -3.23. The zero-order valence-corrected chi connectivity index (χ0v) is 14.9. The van der Waals surface area contributed by atoms with Crippen LogP contribution < -0.4 is 15.4 Å². The van der Waals surface area contributed by atoms with Crippen LogP contribution in [0.3, 0.4) is 0 Å². The zero-order valence-electron chi connectivity index (χ0n) is 14.9. The Labute approximate surface area is 164 Å². The number of nitrogens with one attached hydrogen (secondary N) is 2. The molecule has 0 unspecified atom stereocenters. The molecule has 3 amide bonds. The van der Waals surface area contributed by atoms with E-state index < -0.39 is 29.1 Å². The van der Waals surface area contributed by atoms with Gasteiger partial charge < -0.3 is 10.1 Å². The standard InChI is InChI=1S/C21H15F3N2O3/c22-14-4-1-3-13(11-14)12-29-16-9-7-15(8-10-16)25-21(28)26-20(27)19-17(23)5-2-6-18(19)24/h1-11H,12H2,(H2,25,26,27,28). The maximum atomic E-state index is 13.6. The average molecular weight is 400 g/mol. The molecule has 0 atom stereocenters. The summed E-state index contributed by atoms with van der Waals surface area (Å²) in [5.41, 5.74) is 0.136. The van der Waals surface area contributed by atoms with Crippen LogP contribution in [0.15, 0.2) is 66.7 Å². The molecule has 0 aliphatic rings. The van der Waals surface area contributed by atoms with Gasteiger partial charge in [0.15, 0.2) is 0 Å². The fourth-order valence-electron chi connectivity index (χ4n) is 2.47. The van der Waals surface area contributed by atoms with Gasteiger partial charge in [-0.3, -0.25) is 10.1 Å². The molecule has 148 valence electrons. The fraction of sp³-hybridized carbons (Fsp3) is 0.0476. The van der Waals surface area contributed by atoms with Crippen LogP contribution in [0, 0.1) is 17.5 Å². The molecule has 0 aromatic heterocycles. The largest absolute Gasteiger partial charge is 0.489 e. The molecule has 5 nitrogen and oxygen atoms in total. The van der Waals surface area contributed by atoms with Crippen LogP contribution in [0.2, 0.25) is 0 Å². The van der Waals surface area contributed by atoms with Gasteiger partial charge in [0, 0.05) is 5.69 Å². The van der Waals surface area contributed by atoms with Gasteiger partial charge in [0.05, 0.1) is 0 Å². The van der Waals surface area contributed by atoms with Gasteiger partial charge in [-0.2, -0.15) is 0 Å². The highest BCUT2D eigenvalue weighted by atomic mass is 19.1. The Bertz CT molecular complexity index is 1020. The Morgan fingerprint density at radius 2 is 1.52 bits per heavy atom. The van der Waals surface area contributed by atoms with E-state index in [0.29, 0.717) is 17.0 Å². The summed E-state index contributed by atoms with van der Waals surface area (Å²) in [4.78, 5) is 23.8. The Morgan fingerprint density at radius 3 is 2.17 bits per heavy atom. The third-order valence-electron chi connectivity index (χ3n) is 3.82. The molecule has 0 spiro atoms. The molecule has 0 aliphatic carbocycles. The van der Waals surface area contributed by atoms with Crippen LogP contribution in [0.5, 0.6) is 5.75 Å². The normalized spacial score (nSPS) is 10.3. The van der Waals surface area contributed by atoms with Crippen LogP contribution in [-0.2, 0) is 6.61 Å². The highest BCUT2D eigenvalue weighted by Crippen LogP contribution is 2.18. The lowest BCUT2D eigenvalue weighted by Crippen LogP contribution is -2.35. The van der Waals surface area contributed by atoms with Crippen molar-refractivity contribution in [3.63, 3.8) is 0 Å². The van der Waals surface area contributed by atoms with Crippen molar-refractivity contribution in [1.29, 1.82) is 0 Å². The number of amides is 3. The number of halogens is 3. The second-order valence-corrected chi connectivity index (χ2v) is 5.95. The zero-order chi connectivity index (χ0) is 20.8. The van der Waals surface area contributed by atoms with E-state index in [-0.39, 0.29) is 12.4 Å². The van der Waals surface area contributed by atoms with Crippen LogP contribution in [-0.4, -0.2) is 11.9 Å². The van der Waals surface area contributed by atoms with Crippen LogP contribution >= 0.6 is 0 Å². The lowest BCUT2D eigenvalue weighted by atomic mass is 10.2. The third-order valence-corrected chi connectivity index (χ3v) is 3.82. The van der Waals surface area contributed by atoms with Gasteiger partial charge in [-0.1, -0.05) is 18.2 Å². The fourth-order valence-corrected chi connectivity index (χ4v) is 2.47. The minimum absolute atomic E-state index is 0.160. The lowest BCUT2D eigenvalue weighted by molar-refractivity contribution is 0.0959. The van der Waals surface area contributed by atoms with Gasteiger partial charge >= 0.3 is 6.03 Å². The molecule has 8 heteroatoms. The monoisotopic (exact) mass is 400 g/mol. The number of benzene rings is 3. The maximum Gasteiger partial charge on any atom is 0.326 e. The van der Waals surface area contributed by atoms with E-state index in [0.717, 1.165) is 18.2 Å². The number of hydrogen-bond acceptors (Lipinski definition) is 3. The summed E-state index contributed by atoms with van der Waals surface area (Å²) < 4.78 is 45.8. The van der Waals surface area contributed by atoms with E-state index in [4.69, 9.17) is 4.74 Å². The number of imide groups is 1. The predicted octanol–water partition coefficient (Wildman–Crippen LogP) is 4.64. The Balaban J connectivity index is 1.55. The van der Waals surface area contributed by atoms with Crippen molar-refractivity contribution < 1.29 is 27.5 Å². The minimum Gasteiger partial charge on any atom is -0.489 e. The van der Waals surface area contributed by atoms with Crippen molar-refractivity contribution in [1.82, 2.24) is 5.32 Å². The molecular weight excluding hydrogens is 385 g/mol. The summed E-state index contributed by atoms with van der Waals surface area (Å²) in [6.07, 6.45) is 0. The van der Waals surface area contributed by atoms with E-state index in [2.05, 4.69) is 5.32 Å². The molecule has 3 aromatic carbocycles. The van der Waals surface area contributed by atoms with Gasteiger partial charge in [0.1, 0.15) is 35.4 Å². The number of hydrogen-bond donors (Lipinski definition) is 2. The van der Waals surface area contributed by atoms with E-state index >= 15 is 0 Å². The smallest absolute Gasteiger partial charge is 0.326 e. The lowest BCUT2D eigenvalue weighted by Gasteiger charge is -2.10. The molecular formula is C21H15F3N2O3. The second kappa shape index (κ2) is 8.92.